The molecular formula is C18H15F2N5O3. The molecule has 1 atom stereocenters. The second-order valence-electron chi connectivity index (χ2n) is 6.13. The van der Waals surface area contributed by atoms with Crippen LogP contribution in [0, 0.1) is 11.6 Å². The largest absolute Gasteiger partial charge is 0.483 e. The molecule has 0 radical (unpaired) electrons. The van der Waals surface area contributed by atoms with Crippen molar-refractivity contribution < 1.29 is 22.7 Å². The van der Waals surface area contributed by atoms with Gasteiger partial charge >= 0.3 is 0 Å². The number of allylic oxidation sites excluding steroid dienone is 1. The van der Waals surface area contributed by atoms with Gasteiger partial charge < -0.3 is 20.2 Å². The highest BCUT2D eigenvalue weighted by molar-refractivity contribution is 5.95. The molecule has 0 unspecified atom stereocenters. The zero-order valence-electron chi connectivity index (χ0n) is 14.6. The highest BCUT2D eigenvalue weighted by atomic mass is 19.1. The van der Waals surface area contributed by atoms with Crippen LogP contribution < -0.4 is 15.8 Å². The van der Waals surface area contributed by atoms with E-state index in [1.54, 1.807) is 19.1 Å². The summed E-state index contributed by atoms with van der Waals surface area (Å²) >= 11 is 0. The van der Waals surface area contributed by atoms with Crippen LogP contribution >= 0.6 is 0 Å². The normalized spacial score (nSPS) is 15.9. The first-order valence-electron chi connectivity index (χ1n) is 8.27. The van der Waals surface area contributed by atoms with Crippen molar-refractivity contribution in [3.05, 3.63) is 71.1 Å². The van der Waals surface area contributed by atoms with E-state index in [9.17, 15) is 13.6 Å². The molecule has 0 spiro atoms. The van der Waals surface area contributed by atoms with Crippen LogP contribution in [0.3, 0.4) is 0 Å². The fourth-order valence-corrected chi connectivity index (χ4v) is 3.03. The van der Waals surface area contributed by atoms with Crippen molar-refractivity contribution in [2.75, 3.05) is 5.32 Å². The summed E-state index contributed by atoms with van der Waals surface area (Å²) in [5.41, 5.74) is 6.37. The summed E-state index contributed by atoms with van der Waals surface area (Å²) in [5, 5.41) is 7.09. The van der Waals surface area contributed by atoms with Crippen LogP contribution in [0.2, 0.25) is 0 Å². The first-order valence-corrected chi connectivity index (χ1v) is 8.27. The molecule has 0 saturated carbocycles. The minimum atomic E-state index is -0.813. The molecule has 8 nitrogen and oxygen atoms in total. The van der Waals surface area contributed by atoms with Crippen molar-refractivity contribution in [3.63, 3.8) is 0 Å². The molecule has 1 aliphatic heterocycles. The van der Waals surface area contributed by atoms with Gasteiger partial charge in [0.1, 0.15) is 36.3 Å². The van der Waals surface area contributed by atoms with E-state index in [4.69, 9.17) is 14.9 Å². The van der Waals surface area contributed by atoms with Gasteiger partial charge in [0.25, 0.3) is 0 Å². The van der Waals surface area contributed by atoms with Crippen molar-refractivity contribution in [2.45, 2.75) is 19.6 Å². The fraction of sp³-hybridized carbons (Fsp3) is 0.167. The van der Waals surface area contributed by atoms with E-state index in [2.05, 4.69) is 15.4 Å². The van der Waals surface area contributed by atoms with Gasteiger partial charge in [-0.05, 0) is 31.2 Å². The van der Waals surface area contributed by atoms with E-state index in [1.165, 1.54) is 17.1 Å². The number of aromatic nitrogens is 3. The molecular weight excluding hydrogens is 372 g/mol. The summed E-state index contributed by atoms with van der Waals surface area (Å²) in [4.78, 5) is 16.1. The van der Waals surface area contributed by atoms with Crippen LogP contribution in [0.5, 0.6) is 5.75 Å². The lowest BCUT2D eigenvalue weighted by atomic mass is 10.0. The van der Waals surface area contributed by atoms with Gasteiger partial charge in [-0.15, -0.1) is 0 Å². The lowest BCUT2D eigenvalue weighted by molar-refractivity contribution is -0.115. The third-order valence-electron chi connectivity index (χ3n) is 4.28. The number of fused-ring (bicyclic) bond motifs is 1. The van der Waals surface area contributed by atoms with E-state index in [1.807, 2.05) is 0 Å². The maximum absolute atomic E-state index is 13.7. The van der Waals surface area contributed by atoms with Crippen molar-refractivity contribution in [1.82, 2.24) is 14.8 Å². The molecule has 0 bridgehead atoms. The number of carbonyl (C=O) groups excluding carboxylic acids is 1. The second kappa shape index (κ2) is 6.80. The molecule has 10 heteroatoms. The molecule has 3 N–H and O–H groups in total. The van der Waals surface area contributed by atoms with E-state index in [0.717, 1.165) is 12.1 Å². The van der Waals surface area contributed by atoms with Crippen LogP contribution in [-0.2, 0) is 11.4 Å². The molecule has 28 heavy (non-hydrogen) atoms. The van der Waals surface area contributed by atoms with Crippen molar-refractivity contribution in [3.8, 4) is 5.75 Å². The van der Waals surface area contributed by atoms with Gasteiger partial charge in [-0.2, -0.15) is 10.1 Å². The maximum Gasteiger partial charge on any atom is 0.249 e. The molecule has 0 saturated heterocycles. The summed E-state index contributed by atoms with van der Waals surface area (Å²) in [6, 6.07) is 5.60. The van der Waals surface area contributed by atoms with Crippen LogP contribution in [0.4, 0.5) is 14.7 Å². The fourth-order valence-electron chi connectivity index (χ4n) is 3.03. The van der Waals surface area contributed by atoms with E-state index >= 15 is 0 Å². The first kappa shape index (κ1) is 17.7. The third-order valence-corrected chi connectivity index (χ3v) is 4.28. The smallest absolute Gasteiger partial charge is 0.249 e. The van der Waals surface area contributed by atoms with Gasteiger partial charge in [0, 0.05) is 11.8 Å². The predicted molar refractivity (Wildman–Crippen MR) is 93.1 cm³/mol. The average molecular weight is 387 g/mol. The maximum atomic E-state index is 13.7. The molecule has 1 aliphatic rings. The van der Waals surface area contributed by atoms with Gasteiger partial charge in [-0.3, -0.25) is 4.79 Å². The number of nitrogens with two attached hydrogens (primary N) is 1. The molecule has 4 rings (SSSR count). The molecule has 0 aliphatic carbocycles. The van der Waals surface area contributed by atoms with Gasteiger partial charge in [0.05, 0.1) is 5.57 Å². The number of benzene rings is 1. The summed E-state index contributed by atoms with van der Waals surface area (Å²) in [5.74, 6) is -1.03. The van der Waals surface area contributed by atoms with Crippen LogP contribution in [0.25, 0.3) is 0 Å². The highest BCUT2D eigenvalue weighted by Crippen LogP contribution is 2.35. The molecule has 3 heterocycles. The van der Waals surface area contributed by atoms with Gasteiger partial charge in [0.2, 0.25) is 11.9 Å². The number of rotatable bonds is 5. The molecule has 1 amide bonds. The number of nitrogens with one attached hydrogen (secondary N) is 1. The minimum absolute atomic E-state index is 0.0909. The first-order chi connectivity index (χ1) is 13.4. The zero-order chi connectivity index (χ0) is 19.8. The second-order valence-corrected chi connectivity index (χ2v) is 6.13. The van der Waals surface area contributed by atoms with Gasteiger partial charge in [-0.25, -0.2) is 13.5 Å². The Bertz CT molecular complexity index is 1090. The molecule has 2 aromatic heterocycles. The van der Waals surface area contributed by atoms with Crippen LogP contribution in [-0.4, -0.2) is 20.7 Å². The van der Waals surface area contributed by atoms with Crippen molar-refractivity contribution >= 4 is 11.9 Å². The summed E-state index contributed by atoms with van der Waals surface area (Å²) in [6.45, 7) is 1.61. The SMILES string of the molecule is CC1=C(C(N)=O)[C@@H](c2ccc(COc3ccc(F)cc3F)o2)n2ncnc2N1. The number of nitrogens with zero attached hydrogens (tertiary/aromatic N) is 3. The zero-order valence-corrected chi connectivity index (χ0v) is 14.6. The number of carbonyl (C=O) groups is 1. The number of hydrogen-bond donors (Lipinski definition) is 2. The van der Waals surface area contributed by atoms with Crippen LogP contribution in [0.15, 0.2) is 52.3 Å². The Hall–Kier alpha value is -3.69. The number of amides is 1. The molecule has 0 fully saturated rings. The lowest BCUT2D eigenvalue weighted by Gasteiger charge is -2.25. The van der Waals surface area contributed by atoms with Crippen molar-refractivity contribution in [2.24, 2.45) is 5.73 Å². The monoisotopic (exact) mass is 387 g/mol. The Labute approximate surface area is 157 Å². The van der Waals surface area contributed by atoms with Crippen LogP contribution in [0.1, 0.15) is 24.5 Å². The molecule has 144 valence electrons. The van der Waals surface area contributed by atoms with E-state index < -0.39 is 23.6 Å². The number of ether oxygens (including phenoxy) is 1. The minimum Gasteiger partial charge on any atom is -0.483 e. The number of primary amides is 1. The Balaban J connectivity index is 1.60. The highest BCUT2D eigenvalue weighted by Gasteiger charge is 2.34. The number of hydrogen-bond acceptors (Lipinski definition) is 6. The van der Waals surface area contributed by atoms with E-state index in [0.29, 0.717) is 23.2 Å². The third kappa shape index (κ3) is 3.08. The Morgan fingerprint density at radius 1 is 1.36 bits per heavy atom. The van der Waals surface area contributed by atoms with Gasteiger partial charge in [-0.1, -0.05) is 0 Å². The van der Waals surface area contributed by atoms with Crippen molar-refractivity contribution in [1.29, 1.82) is 0 Å². The standard InChI is InChI=1S/C18H15F2N5O3/c1-9-15(17(21)26)16(25-18(24-9)22-8-23-25)14-5-3-11(28-14)7-27-13-4-2-10(19)6-12(13)20/h2-6,8,16H,7H2,1H3,(H2,21,26)(H,22,23,24)/t16-/m1/s1. The Morgan fingerprint density at radius 3 is 2.93 bits per heavy atom. The Morgan fingerprint density at radius 2 is 2.18 bits per heavy atom. The summed E-state index contributed by atoms with van der Waals surface area (Å²) in [7, 11) is 0. The number of anilines is 1. The predicted octanol–water partition coefficient (Wildman–Crippen LogP) is 2.50. The lowest BCUT2D eigenvalue weighted by Crippen LogP contribution is -2.31. The topological polar surface area (TPSA) is 108 Å². The number of furan rings is 1. The summed E-state index contributed by atoms with van der Waals surface area (Å²) < 4.78 is 39.3. The average Bonchev–Trinajstić information content (AvgIpc) is 3.28. The van der Waals surface area contributed by atoms with Gasteiger partial charge in [0.15, 0.2) is 11.6 Å². The quantitative estimate of drug-likeness (QED) is 0.696. The molecule has 3 aromatic rings. The summed E-state index contributed by atoms with van der Waals surface area (Å²) in [6.07, 6.45) is 1.34. The molecule has 1 aromatic carbocycles. The number of halogens is 2. The van der Waals surface area contributed by atoms with E-state index in [-0.39, 0.29) is 17.9 Å². The Kier molecular flexibility index (Phi) is 4.30.